The number of benzene rings is 2. The van der Waals surface area contributed by atoms with Gasteiger partial charge in [-0.2, -0.15) is 0 Å². The number of carbonyl (C=O) groups excluding carboxylic acids is 1. The van der Waals surface area contributed by atoms with Crippen molar-refractivity contribution in [2.75, 3.05) is 14.2 Å². The first kappa shape index (κ1) is 15.9. The van der Waals surface area contributed by atoms with E-state index >= 15 is 0 Å². The van der Waals surface area contributed by atoms with E-state index in [1.54, 1.807) is 31.2 Å². The summed E-state index contributed by atoms with van der Waals surface area (Å²) in [5, 5.41) is 0.727. The first-order valence-corrected chi connectivity index (χ1v) is 7.26. The van der Waals surface area contributed by atoms with Crippen LogP contribution in [0.15, 0.2) is 33.5 Å². The van der Waals surface area contributed by atoms with Crippen molar-refractivity contribution in [2.45, 2.75) is 13.8 Å². The minimum atomic E-state index is -0.441. The molecule has 0 fully saturated rings. The lowest BCUT2D eigenvalue weighted by atomic mass is 10.1. The average molecular weight is 328 g/mol. The third-order valence-electron chi connectivity index (χ3n) is 3.79. The monoisotopic (exact) mass is 328 g/mol. The van der Waals surface area contributed by atoms with Crippen LogP contribution in [-0.4, -0.2) is 20.2 Å². The first-order valence-electron chi connectivity index (χ1n) is 7.26. The summed E-state index contributed by atoms with van der Waals surface area (Å²) in [6.07, 6.45) is 0. The van der Waals surface area contributed by atoms with Crippen molar-refractivity contribution in [1.82, 2.24) is 0 Å². The van der Waals surface area contributed by atoms with E-state index in [0.29, 0.717) is 44.8 Å². The summed E-state index contributed by atoms with van der Waals surface area (Å²) in [6.45, 7) is 3.04. The van der Waals surface area contributed by atoms with Gasteiger partial charge < -0.3 is 18.6 Å². The van der Waals surface area contributed by atoms with E-state index in [1.807, 2.05) is 0 Å². The van der Waals surface area contributed by atoms with E-state index in [1.165, 1.54) is 21.1 Å². The fourth-order valence-corrected chi connectivity index (χ4v) is 2.64. The molecule has 0 N–H and O–H groups in total. The molecule has 2 aromatic carbocycles. The molecular weight excluding hydrogens is 312 g/mol. The van der Waals surface area contributed by atoms with Crippen LogP contribution in [0.4, 0.5) is 0 Å². The predicted molar refractivity (Wildman–Crippen MR) is 89.1 cm³/mol. The quantitative estimate of drug-likeness (QED) is 0.417. The molecule has 3 rings (SSSR count). The molecule has 0 aliphatic rings. The minimum absolute atomic E-state index is 0.219. The second kappa shape index (κ2) is 5.88. The Morgan fingerprint density at radius 1 is 1.08 bits per heavy atom. The van der Waals surface area contributed by atoms with Crippen LogP contribution >= 0.6 is 0 Å². The lowest BCUT2D eigenvalue weighted by Gasteiger charge is -2.11. The van der Waals surface area contributed by atoms with Gasteiger partial charge in [-0.1, -0.05) is 0 Å². The van der Waals surface area contributed by atoms with E-state index in [-0.39, 0.29) is 5.43 Å². The molecule has 0 saturated heterocycles. The summed E-state index contributed by atoms with van der Waals surface area (Å²) >= 11 is 0. The minimum Gasteiger partial charge on any atom is -0.496 e. The number of hydrogen-bond acceptors (Lipinski definition) is 6. The zero-order valence-corrected chi connectivity index (χ0v) is 13.8. The highest BCUT2D eigenvalue weighted by Crippen LogP contribution is 2.33. The predicted octanol–water partition coefficient (Wildman–Crippen LogP) is 3.20. The zero-order chi connectivity index (χ0) is 17.4. The molecule has 0 radical (unpaired) electrons. The molecule has 0 amide bonds. The fourth-order valence-electron chi connectivity index (χ4n) is 2.64. The second-order valence-electron chi connectivity index (χ2n) is 5.29. The standard InChI is InChI=1S/C18H16O6/c1-9-13(23-10(2)19)6-5-12-17(20)16-14(22-4)7-11(21-3)8-15(16)24-18(9)12/h5-8H,1-4H3. The molecule has 0 unspecified atom stereocenters. The number of carbonyl (C=O) groups is 1. The summed E-state index contributed by atoms with van der Waals surface area (Å²) in [5.41, 5.74) is 1.06. The van der Waals surface area contributed by atoms with Gasteiger partial charge in [0.25, 0.3) is 0 Å². The number of aryl methyl sites for hydroxylation is 1. The SMILES string of the molecule is COc1cc(OC)c2c(=O)c3ccc(OC(C)=O)c(C)c3oc2c1. The highest BCUT2D eigenvalue weighted by atomic mass is 16.5. The molecule has 24 heavy (non-hydrogen) atoms. The largest absolute Gasteiger partial charge is 0.496 e. The molecule has 3 aromatic rings. The topological polar surface area (TPSA) is 75.0 Å². The Morgan fingerprint density at radius 3 is 2.46 bits per heavy atom. The van der Waals surface area contributed by atoms with Crippen LogP contribution in [0.25, 0.3) is 21.9 Å². The van der Waals surface area contributed by atoms with Gasteiger partial charge in [0, 0.05) is 24.6 Å². The molecule has 1 aromatic heterocycles. The Kier molecular flexibility index (Phi) is 3.89. The molecule has 0 aliphatic heterocycles. The van der Waals surface area contributed by atoms with Gasteiger partial charge in [0.05, 0.1) is 19.6 Å². The van der Waals surface area contributed by atoms with Gasteiger partial charge in [-0.15, -0.1) is 0 Å². The fraction of sp³-hybridized carbons (Fsp3) is 0.222. The van der Waals surface area contributed by atoms with Crippen molar-refractivity contribution in [2.24, 2.45) is 0 Å². The molecule has 0 atom stereocenters. The zero-order valence-electron chi connectivity index (χ0n) is 13.8. The van der Waals surface area contributed by atoms with E-state index in [2.05, 4.69) is 0 Å². The third-order valence-corrected chi connectivity index (χ3v) is 3.79. The number of hydrogen-bond donors (Lipinski definition) is 0. The maximum atomic E-state index is 12.9. The van der Waals surface area contributed by atoms with E-state index in [9.17, 15) is 9.59 Å². The Labute approximate surface area is 137 Å². The molecule has 0 aliphatic carbocycles. The van der Waals surface area contributed by atoms with Crippen molar-refractivity contribution in [3.05, 3.63) is 40.1 Å². The maximum absolute atomic E-state index is 12.9. The summed E-state index contributed by atoms with van der Waals surface area (Å²) < 4.78 is 21.6. The van der Waals surface area contributed by atoms with Crippen molar-refractivity contribution in [3.63, 3.8) is 0 Å². The van der Waals surface area contributed by atoms with Crippen molar-refractivity contribution >= 4 is 27.9 Å². The Hall–Kier alpha value is -3.02. The highest BCUT2D eigenvalue weighted by molar-refractivity contribution is 5.95. The van der Waals surface area contributed by atoms with Gasteiger partial charge in [0.1, 0.15) is 33.8 Å². The Balaban J connectivity index is 2.42. The lowest BCUT2D eigenvalue weighted by molar-refractivity contribution is -0.131. The summed E-state index contributed by atoms with van der Waals surface area (Å²) in [7, 11) is 3.00. The Bertz CT molecular complexity index is 1020. The van der Waals surface area contributed by atoms with Crippen molar-refractivity contribution < 1.29 is 23.4 Å². The summed E-state index contributed by atoms with van der Waals surface area (Å²) in [5.74, 6) is 0.800. The molecule has 0 spiro atoms. The van der Waals surface area contributed by atoms with Crippen LogP contribution in [0.5, 0.6) is 17.2 Å². The van der Waals surface area contributed by atoms with Gasteiger partial charge >= 0.3 is 5.97 Å². The van der Waals surface area contributed by atoms with Crippen LogP contribution < -0.4 is 19.6 Å². The van der Waals surface area contributed by atoms with Crippen LogP contribution in [0.2, 0.25) is 0 Å². The lowest BCUT2D eigenvalue weighted by Crippen LogP contribution is -2.07. The van der Waals surface area contributed by atoms with Gasteiger partial charge in [-0.25, -0.2) is 0 Å². The molecule has 6 heteroatoms. The van der Waals surface area contributed by atoms with Crippen molar-refractivity contribution in [1.29, 1.82) is 0 Å². The van der Waals surface area contributed by atoms with Gasteiger partial charge in [0.2, 0.25) is 5.43 Å². The molecule has 0 bridgehead atoms. The van der Waals surface area contributed by atoms with Gasteiger partial charge in [0.15, 0.2) is 0 Å². The number of methoxy groups -OCH3 is 2. The molecule has 0 saturated carbocycles. The number of ether oxygens (including phenoxy) is 3. The van der Waals surface area contributed by atoms with Crippen molar-refractivity contribution in [3.8, 4) is 17.2 Å². The number of fused-ring (bicyclic) bond motifs is 2. The van der Waals surface area contributed by atoms with Gasteiger partial charge in [-0.05, 0) is 19.1 Å². The number of rotatable bonds is 3. The molecule has 1 heterocycles. The van der Waals surface area contributed by atoms with Gasteiger partial charge in [-0.3, -0.25) is 9.59 Å². The second-order valence-corrected chi connectivity index (χ2v) is 5.29. The number of esters is 1. The van der Waals surface area contributed by atoms with E-state index in [4.69, 9.17) is 18.6 Å². The maximum Gasteiger partial charge on any atom is 0.308 e. The van der Waals surface area contributed by atoms with Crippen LogP contribution in [-0.2, 0) is 4.79 Å². The summed E-state index contributed by atoms with van der Waals surface area (Å²) in [4.78, 5) is 24.1. The van der Waals surface area contributed by atoms with E-state index < -0.39 is 5.97 Å². The smallest absolute Gasteiger partial charge is 0.308 e. The van der Waals surface area contributed by atoms with Crippen LogP contribution in [0, 0.1) is 6.92 Å². The van der Waals surface area contributed by atoms with Crippen LogP contribution in [0.3, 0.4) is 0 Å². The highest BCUT2D eigenvalue weighted by Gasteiger charge is 2.17. The van der Waals surface area contributed by atoms with E-state index in [0.717, 1.165) is 0 Å². The van der Waals surface area contributed by atoms with Crippen LogP contribution in [0.1, 0.15) is 12.5 Å². The normalized spacial score (nSPS) is 10.8. The molecular formula is C18H16O6. The molecule has 6 nitrogen and oxygen atoms in total. The summed E-state index contributed by atoms with van der Waals surface area (Å²) in [6, 6.07) is 6.41. The Morgan fingerprint density at radius 2 is 1.83 bits per heavy atom. The average Bonchev–Trinajstić information content (AvgIpc) is 2.56. The third kappa shape index (κ3) is 2.46. The molecule has 124 valence electrons. The first-order chi connectivity index (χ1) is 11.5.